The van der Waals surface area contributed by atoms with Crippen LogP contribution in [0.25, 0.3) is 0 Å². The Balaban J connectivity index is 3.20. The van der Waals surface area contributed by atoms with Gasteiger partial charge in [-0.3, -0.25) is 4.79 Å². The highest BCUT2D eigenvalue weighted by Crippen LogP contribution is 2.32. The number of halogens is 3. The molecule has 0 aliphatic rings. The van der Waals surface area contributed by atoms with E-state index < -0.39 is 34.8 Å². The van der Waals surface area contributed by atoms with Gasteiger partial charge in [0.2, 0.25) is 0 Å². The Morgan fingerprint density at radius 2 is 1.81 bits per heavy atom. The molecule has 0 saturated heterocycles. The average Bonchev–Trinajstić information content (AvgIpc) is 2.37. The molecule has 8 heteroatoms. The zero-order valence-electron chi connectivity index (χ0n) is 11.5. The second-order valence-corrected chi connectivity index (χ2v) is 4.73. The third-order valence-corrected chi connectivity index (χ3v) is 2.88. The number of carbonyl (C=O) groups excluding carboxylic acids is 1. The molecule has 0 unspecified atom stereocenters. The van der Waals surface area contributed by atoms with E-state index in [2.05, 4.69) is 5.32 Å². The Labute approximate surface area is 118 Å². The summed E-state index contributed by atoms with van der Waals surface area (Å²) in [7, 11) is 1.28. The zero-order chi connectivity index (χ0) is 16.4. The van der Waals surface area contributed by atoms with Crippen molar-refractivity contribution in [2.45, 2.75) is 25.6 Å². The molecule has 0 atom stereocenters. The molecule has 0 heterocycles. The van der Waals surface area contributed by atoms with E-state index in [0.29, 0.717) is 12.1 Å². The molecule has 0 aliphatic carbocycles. The maximum atomic E-state index is 12.6. The van der Waals surface area contributed by atoms with Gasteiger partial charge >= 0.3 is 12.1 Å². The monoisotopic (exact) mass is 305 g/mol. The van der Waals surface area contributed by atoms with Crippen LogP contribution in [0.1, 0.15) is 29.8 Å². The fourth-order valence-corrected chi connectivity index (χ4v) is 1.37. The summed E-state index contributed by atoms with van der Waals surface area (Å²) in [6.45, 7) is 2.87. The van der Waals surface area contributed by atoms with E-state index in [1.54, 1.807) is 0 Å². The van der Waals surface area contributed by atoms with Crippen LogP contribution in [-0.2, 0) is 15.7 Å². The third-order valence-electron chi connectivity index (χ3n) is 2.88. The largest absolute Gasteiger partial charge is 0.478 e. The number of methoxy groups -OCH3 is 1. The summed E-state index contributed by atoms with van der Waals surface area (Å²) >= 11 is 0. The molecule has 0 bridgehead atoms. The molecule has 21 heavy (non-hydrogen) atoms. The fourth-order valence-electron chi connectivity index (χ4n) is 1.37. The van der Waals surface area contributed by atoms with Crippen LogP contribution < -0.4 is 5.32 Å². The highest BCUT2D eigenvalue weighted by molar-refractivity contribution is 6.03. The number of carbonyl (C=O) groups is 2. The summed E-state index contributed by atoms with van der Waals surface area (Å²) in [5.41, 5.74) is -3.24. The van der Waals surface area contributed by atoms with E-state index in [0.717, 1.165) is 6.07 Å². The number of hydrogen-bond acceptors (Lipinski definition) is 3. The number of benzene rings is 1. The third kappa shape index (κ3) is 3.94. The van der Waals surface area contributed by atoms with E-state index in [1.165, 1.54) is 21.0 Å². The molecular formula is C13H14F3NO4. The van der Waals surface area contributed by atoms with Crippen LogP contribution in [0.3, 0.4) is 0 Å². The lowest BCUT2D eigenvalue weighted by atomic mass is 10.1. The molecule has 0 aliphatic heterocycles. The second kappa shape index (κ2) is 5.72. The van der Waals surface area contributed by atoms with Crippen LogP contribution in [0.2, 0.25) is 0 Å². The number of hydrogen-bond donors (Lipinski definition) is 2. The first kappa shape index (κ1) is 17.0. The van der Waals surface area contributed by atoms with E-state index in [4.69, 9.17) is 9.84 Å². The number of aromatic carboxylic acids is 1. The minimum absolute atomic E-state index is 0.231. The Morgan fingerprint density at radius 1 is 1.24 bits per heavy atom. The van der Waals surface area contributed by atoms with Gasteiger partial charge in [0.15, 0.2) is 0 Å². The Morgan fingerprint density at radius 3 is 2.24 bits per heavy atom. The number of ether oxygens (including phenoxy) is 1. The molecule has 0 radical (unpaired) electrons. The minimum atomic E-state index is -4.67. The van der Waals surface area contributed by atoms with Crippen LogP contribution in [0.4, 0.5) is 18.9 Å². The molecule has 5 nitrogen and oxygen atoms in total. The van der Waals surface area contributed by atoms with Crippen LogP contribution in [-0.4, -0.2) is 29.7 Å². The van der Waals surface area contributed by atoms with Crippen molar-refractivity contribution >= 4 is 17.6 Å². The zero-order valence-corrected chi connectivity index (χ0v) is 11.5. The first-order valence-corrected chi connectivity index (χ1v) is 5.80. The van der Waals surface area contributed by atoms with Crippen LogP contribution in [0.15, 0.2) is 18.2 Å². The molecular weight excluding hydrogens is 291 g/mol. The summed E-state index contributed by atoms with van der Waals surface area (Å²) in [5.74, 6) is -2.25. The topological polar surface area (TPSA) is 75.6 Å². The van der Waals surface area contributed by atoms with E-state index in [-0.39, 0.29) is 5.69 Å². The van der Waals surface area contributed by atoms with Crippen molar-refractivity contribution in [2.75, 3.05) is 12.4 Å². The predicted octanol–water partition coefficient (Wildman–Crippen LogP) is 2.77. The molecule has 0 fully saturated rings. The summed E-state index contributed by atoms with van der Waals surface area (Å²) in [4.78, 5) is 22.9. The molecule has 1 aromatic carbocycles. The number of amides is 1. The molecule has 0 spiro atoms. The normalized spacial score (nSPS) is 12.1. The van der Waals surface area contributed by atoms with Gasteiger partial charge in [0.05, 0.1) is 16.8 Å². The van der Waals surface area contributed by atoms with Gasteiger partial charge in [-0.05, 0) is 32.0 Å². The molecule has 116 valence electrons. The first-order valence-electron chi connectivity index (χ1n) is 5.80. The predicted molar refractivity (Wildman–Crippen MR) is 68.1 cm³/mol. The van der Waals surface area contributed by atoms with Gasteiger partial charge in [0.25, 0.3) is 5.91 Å². The second-order valence-electron chi connectivity index (χ2n) is 4.73. The van der Waals surface area contributed by atoms with E-state index >= 15 is 0 Å². The maximum Gasteiger partial charge on any atom is 0.416 e. The van der Waals surface area contributed by atoms with Crippen molar-refractivity contribution in [3.63, 3.8) is 0 Å². The van der Waals surface area contributed by atoms with Gasteiger partial charge in [0.1, 0.15) is 5.60 Å². The Kier molecular flexibility index (Phi) is 4.62. The average molecular weight is 305 g/mol. The molecule has 1 amide bonds. The lowest BCUT2D eigenvalue weighted by Crippen LogP contribution is -2.39. The van der Waals surface area contributed by atoms with E-state index in [1.807, 2.05) is 0 Å². The summed E-state index contributed by atoms with van der Waals surface area (Å²) < 4.78 is 42.6. The number of anilines is 1. The summed E-state index contributed by atoms with van der Waals surface area (Å²) in [5, 5.41) is 11.2. The van der Waals surface area contributed by atoms with Gasteiger partial charge in [-0.15, -0.1) is 0 Å². The number of alkyl halides is 3. The minimum Gasteiger partial charge on any atom is -0.478 e. The van der Waals surface area contributed by atoms with Crippen molar-refractivity contribution < 1.29 is 32.6 Å². The van der Waals surface area contributed by atoms with Crippen LogP contribution in [0.5, 0.6) is 0 Å². The van der Waals surface area contributed by atoms with Crippen molar-refractivity contribution in [2.24, 2.45) is 0 Å². The number of nitrogens with one attached hydrogen (secondary N) is 1. The van der Waals surface area contributed by atoms with Crippen LogP contribution in [0, 0.1) is 0 Å². The number of carboxylic acid groups (broad SMARTS) is 1. The molecule has 2 N–H and O–H groups in total. The highest BCUT2D eigenvalue weighted by atomic mass is 19.4. The fraction of sp³-hybridized carbons (Fsp3) is 0.385. The quantitative estimate of drug-likeness (QED) is 0.897. The van der Waals surface area contributed by atoms with Gasteiger partial charge in [0, 0.05) is 7.11 Å². The molecule has 1 aromatic rings. The summed E-state index contributed by atoms with van der Waals surface area (Å²) in [6, 6.07) is 2.07. The standard InChI is InChI=1S/C13H14F3NO4/c1-12(2,21-3)11(20)17-9-5-4-7(13(14,15)16)6-8(9)10(18)19/h4-6H,1-3H3,(H,17,20)(H,18,19). The summed E-state index contributed by atoms with van der Waals surface area (Å²) in [6.07, 6.45) is -4.67. The first-order chi connectivity index (χ1) is 9.49. The molecule has 0 saturated carbocycles. The van der Waals surface area contributed by atoms with Crippen LogP contribution >= 0.6 is 0 Å². The maximum absolute atomic E-state index is 12.6. The van der Waals surface area contributed by atoms with Gasteiger partial charge < -0.3 is 15.2 Å². The van der Waals surface area contributed by atoms with Crippen molar-refractivity contribution in [1.82, 2.24) is 0 Å². The lowest BCUT2D eigenvalue weighted by molar-refractivity contribution is -0.137. The van der Waals surface area contributed by atoms with Gasteiger partial charge in [-0.25, -0.2) is 4.79 Å². The smallest absolute Gasteiger partial charge is 0.416 e. The van der Waals surface area contributed by atoms with E-state index in [9.17, 15) is 22.8 Å². The van der Waals surface area contributed by atoms with Crippen molar-refractivity contribution in [3.8, 4) is 0 Å². The van der Waals surface area contributed by atoms with Crippen molar-refractivity contribution in [1.29, 1.82) is 0 Å². The highest BCUT2D eigenvalue weighted by Gasteiger charge is 2.33. The number of carboxylic acids is 1. The number of rotatable bonds is 4. The Hall–Kier alpha value is -2.09. The SMILES string of the molecule is COC(C)(C)C(=O)Nc1ccc(C(F)(F)F)cc1C(=O)O. The molecule has 0 aromatic heterocycles. The Bertz CT molecular complexity index is 567. The van der Waals surface area contributed by atoms with Gasteiger partial charge in [-0.2, -0.15) is 13.2 Å². The van der Waals surface area contributed by atoms with Gasteiger partial charge in [-0.1, -0.05) is 0 Å². The lowest BCUT2D eigenvalue weighted by Gasteiger charge is -2.22. The van der Waals surface area contributed by atoms with Crippen molar-refractivity contribution in [3.05, 3.63) is 29.3 Å². The molecule has 1 rings (SSSR count).